The molecule has 0 bridgehead atoms. The van der Waals surface area contributed by atoms with Crippen LogP contribution in [0.3, 0.4) is 0 Å². The third-order valence-electron chi connectivity index (χ3n) is 7.12. The van der Waals surface area contributed by atoms with E-state index in [0.717, 1.165) is 54.7 Å². The van der Waals surface area contributed by atoms with Crippen LogP contribution in [-0.4, -0.2) is 53.2 Å². The fraction of sp³-hybridized carbons (Fsp3) is 0.480. The summed E-state index contributed by atoms with van der Waals surface area (Å²) in [7, 11) is 1.65. The lowest BCUT2D eigenvalue weighted by atomic mass is 9.87. The zero-order valence-corrected chi connectivity index (χ0v) is 19.7. The Kier molecular flexibility index (Phi) is 6.44. The van der Waals surface area contributed by atoms with Crippen molar-refractivity contribution in [3.05, 3.63) is 41.5 Å². The molecule has 1 atom stereocenters. The minimum absolute atomic E-state index is 0.0168. The van der Waals surface area contributed by atoms with Crippen LogP contribution in [0, 0.1) is 12.8 Å². The number of nitrogens with zero attached hydrogens (tertiary/aromatic N) is 3. The molecule has 2 amide bonds. The predicted molar refractivity (Wildman–Crippen MR) is 128 cm³/mol. The standard InChI is InChI=1S/C25H33N5O3/c1-5-16-13-18(14-20(33-4)15(16)3)23-22(24(26)32)25-27-10-7-19(30(25)28-23)17-8-11-29(12-9-17)21(31)6-2/h6,13-14,17,19,27H,2,5,7-12H2,1,3-4H3,(H2,26,32). The van der Waals surface area contributed by atoms with E-state index in [2.05, 4.69) is 24.9 Å². The Balaban J connectivity index is 1.73. The van der Waals surface area contributed by atoms with Gasteiger partial charge in [0.05, 0.1) is 13.2 Å². The number of anilines is 1. The summed E-state index contributed by atoms with van der Waals surface area (Å²) in [6.07, 6.45) is 4.91. The lowest BCUT2D eigenvalue weighted by Gasteiger charge is -2.38. The molecule has 176 valence electrons. The van der Waals surface area contributed by atoms with Gasteiger partial charge in [-0.2, -0.15) is 5.10 Å². The smallest absolute Gasteiger partial charge is 0.254 e. The van der Waals surface area contributed by atoms with Crippen LogP contribution in [0.4, 0.5) is 5.82 Å². The molecular weight excluding hydrogens is 418 g/mol. The Bertz CT molecular complexity index is 1060. The minimum atomic E-state index is -0.497. The number of nitrogens with one attached hydrogen (secondary N) is 1. The van der Waals surface area contributed by atoms with Crippen LogP contribution in [0.1, 0.15) is 53.7 Å². The second-order valence-corrected chi connectivity index (χ2v) is 8.85. The van der Waals surface area contributed by atoms with Crippen molar-refractivity contribution in [1.82, 2.24) is 14.7 Å². The van der Waals surface area contributed by atoms with E-state index in [1.165, 1.54) is 6.08 Å². The van der Waals surface area contributed by atoms with E-state index in [1.807, 2.05) is 22.6 Å². The molecule has 2 aromatic rings. The Morgan fingerprint density at radius 3 is 2.64 bits per heavy atom. The number of amides is 2. The van der Waals surface area contributed by atoms with Crippen molar-refractivity contribution in [2.24, 2.45) is 11.7 Å². The van der Waals surface area contributed by atoms with E-state index < -0.39 is 5.91 Å². The molecule has 0 aliphatic carbocycles. The van der Waals surface area contributed by atoms with Gasteiger partial charge in [-0.15, -0.1) is 0 Å². The summed E-state index contributed by atoms with van der Waals surface area (Å²) < 4.78 is 7.57. The number of nitrogens with two attached hydrogens (primary N) is 1. The molecule has 1 saturated heterocycles. The fourth-order valence-electron chi connectivity index (χ4n) is 5.27. The number of carbonyl (C=O) groups is 2. The van der Waals surface area contributed by atoms with Gasteiger partial charge in [-0.05, 0) is 67.9 Å². The molecule has 3 heterocycles. The number of hydrogen-bond acceptors (Lipinski definition) is 5. The number of methoxy groups -OCH3 is 1. The molecule has 8 heteroatoms. The van der Waals surface area contributed by atoms with E-state index in [1.54, 1.807) is 7.11 Å². The third-order valence-corrected chi connectivity index (χ3v) is 7.12. The quantitative estimate of drug-likeness (QED) is 0.656. The molecule has 0 saturated carbocycles. The number of aryl methyl sites for hydroxylation is 1. The van der Waals surface area contributed by atoms with E-state index in [4.69, 9.17) is 15.6 Å². The van der Waals surface area contributed by atoms with Gasteiger partial charge in [0.25, 0.3) is 5.91 Å². The van der Waals surface area contributed by atoms with Crippen molar-refractivity contribution in [2.45, 2.75) is 45.6 Å². The van der Waals surface area contributed by atoms with Gasteiger partial charge >= 0.3 is 0 Å². The first-order valence-corrected chi connectivity index (χ1v) is 11.6. The molecule has 4 rings (SSSR count). The van der Waals surface area contributed by atoms with Gasteiger partial charge in [-0.25, -0.2) is 4.68 Å². The van der Waals surface area contributed by atoms with Gasteiger partial charge in [0.2, 0.25) is 5.91 Å². The Morgan fingerprint density at radius 1 is 1.30 bits per heavy atom. The number of hydrogen-bond donors (Lipinski definition) is 2. The summed E-state index contributed by atoms with van der Waals surface area (Å²) in [5, 5.41) is 8.32. The van der Waals surface area contributed by atoms with Crippen LogP contribution in [0.5, 0.6) is 5.75 Å². The zero-order valence-electron chi connectivity index (χ0n) is 19.7. The molecule has 1 aromatic carbocycles. The first kappa shape index (κ1) is 22.9. The molecule has 3 N–H and O–H groups in total. The monoisotopic (exact) mass is 451 g/mol. The van der Waals surface area contributed by atoms with Gasteiger partial charge in [-0.3, -0.25) is 9.59 Å². The molecule has 33 heavy (non-hydrogen) atoms. The number of ether oxygens (including phenoxy) is 1. The van der Waals surface area contributed by atoms with E-state index in [9.17, 15) is 9.59 Å². The van der Waals surface area contributed by atoms with Gasteiger partial charge < -0.3 is 20.7 Å². The van der Waals surface area contributed by atoms with Crippen molar-refractivity contribution in [1.29, 1.82) is 0 Å². The maximum Gasteiger partial charge on any atom is 0.254 e. The number of benzene rings is 1. The van der Waals surface area contributed by atoms with Crippen LogP contribution >= 0.6 is 0 Å². The number of piperidine rings is 1. The number of fused-ring (bicyclic) bond motifs is 1. The van der Waals surface area contributed by atoms with Crippen molar-refractivity contribution in [3.63, 3.8) is 0 Å². The molecular formula is C25H33N5O3. The Morgan fingerprint density at radius 2 is 2.03 bits per heavy atom. The second kappa shape index (κ2) is 9.29. The summed E-state index contributed by atoms with van der Waals surface area (Å²) in [6, 6.07) is 4.16. The highest BCUT2D eigenvalue weighted by Crippen LogP contribution is 2.41. The average Bonchev–Trinajstić information content (AvgIpc) is 3.24. The molecule has 2 aliphatic heterocycles. The maximum absolute atomic E-state index is 12.6. The van der Waals surface area contributed by atoms with E-state index >= 15 is 0 Å². The van der Waals surface area contributed by atoms with Crippen LogP contribution < -0.4 is 15.8 Å². The topological polar surface area (TPSA) is 102 Å². The normalized spacial score (nSPS) is 18.4. The molecule has 1 aromatic heterocycles. The van der Waals surface area contributed by atoms with Crippen LogP contribution in [0.15, 0.2) is 24.8 Å². The van der Waals surface area contributed by atoms with Crippen molar-refractivity contribution >= 4 is 17.6 Å². The largest absolute Gasteiger partial charge is 0.496 e. The highest BCUT2D eigenvalue weighted by atomic mass is 16.5. The maximum atomic E-state index is 12.6. The van der Waals surface area contributed by atoms with Gasteiger partial charge in [0, 0.05) is 25.2 Å². The van der Waals surface area contributed by atoms with Gasteiger partial charge in [0.15, 0.2) is 0 Å². The summed E-state index contributed by atoms with van der Waals surface area (Å²) in [5.74, 6) is 1.32. The fourth-order valence-corrected chi connectivity index (χ4v) is 5.27. The first-order valence-electron chi connectivity index (χ1n) is 11.6. The number of primary amides is 1. The lowest BCUT2D eigenvalue weighted by molar-refractivity contribution is -0.127. The lowest BCUT2D eigenvalue weighted by Crippen LogP contribution is -2.41. The summed E-state index contributed by atoms with van der Waals surface area (Å²) >= 11 is 0. The number of rotatable bonds is 6. The van der Waals surface area contributed by atoms with Gasteiger partial charge in [-0.1, -0.05) is 13.5 Å². The predicted octanol–water partition coefficient (Wildman–Crippen LogP) is 3.31. The van der Waals surface area contributed by atoms with Crippen molar-refractivity contribution in [3.8, 4) is 17.0 Å². The van der Waals surface area contributed by atoms with Crippen LogP contribution in [0.2, 0.25) is 0 Å². The molecule has 0 spiro atoms. The highest BCUT2D eigenvalue weighted by molar-refractivity contribution is 6.04. The highest BCUT2D eigenvalue weighted by Gasteiger charge is 2.35. The molecule has 8 nitrogen and oxygen atoms in total. The summed E-state index contributed by atoms with van der Waals surface area (Å²) in [4.78, 5) is 26.4. The zero-order chi connectivity index (χ0) is 23.7. The molecule has 2 aliphatic rings. The second-order valence-electron chi connectivity index (χ2n) is 8.85. The molecule has 1 unspecified atom stereocenters. The average molecular weight is 452 g/mol. The van der Waals surface area contributed by atoms with Crippen molar-refractivity contribution in [2.75, 3.05) is 32.1 Å². The number of likely N-dealkylation sites (tertiary alicyclic amines) is 1. The van der Waals surface area contributed by atoms with Gasteiger partial charge in [0.1, 0.15) is 22.8 Å². The third kappa shape index (κ3) is 4.10. The van der Waals surface area contributed by atoms with Crippen LogP contribution in [0.25, 0.3) is 11.3 Å². The molecule has 0 radical (unpaired) electrons. The summed E-state index contributed by atoms with van der Waals surface area (Å²) in [6.45, 7) is 9.90. The minimum Gasteiger partial charge on any atom is -0.496 e. The van der Waals surface area contributed by atoms with Crippen molar-refractivity contribution < 1.29 is 14.3 Å². The number of carbonyl (C=O) groups excluding carboxylic acids is 2. The van der Waals surface area contributed by atoms with E-state index in [-0.39, 0.29) is 11.9 Å². The SMILES string of the molecule is C=CC(=O)N1CCC(C2CCNc3c(C(N)=O)c(-c4cc(CC)c(C)c(OC)c4)nn32)CC1. The van der Waals surface area contributed by atoms with E-state index in [0.29, 0.717) is 36.1 Å². The number of aromatic nitrogens is 2. The Labute approximate surface area is 194 Å². The van der Waals surface area contributed by atoms with Crippen LogP contribution in [-0.2, 0) is 11.2 Å². The Hall–Kier alpha value is -3.29. The summed E-state index contributed by atoms with van der Waals surface area (Å²) in [5.41, 5.74) is 9.94. The molecule has 1 fully saturated rings. The first-order chi connectivity index (χ1) is 15.9.